The minimum atomic E-state index is 0.0307. The maximum absolute atomic E-state index is 6.26. The first kappa shape index (κ1) is 12.7. The van der Waals surface area contributed by atoms with E-state index < -0.39 is 0 Å². The van der Waals surface area contributed by atoms with Crippen LogP contribution in [0, 0.1) is 6.92 Å². The minimum Gasteiger partial charge on any atom is -0.485 e. The lowest BCUT2D eigenvalue weighted by Gasteiger charge is -2.30. The minimum absolute atomic E-state index is 0.0307. The largest absolute Gasteiger partial charge is 0.485 e. The highest BCUT2D eigenvalue weighted by Gasteiger charge is 2.27. The molecule has 1 heterocycles. The van der Waals surface area contributed by atoms with E-state index in [2.05, 4.69) is 47.1 Å². The molecule has 98 valence electrons. The number of halogens is 1. The molecule has 19 heavy (non-hydrogen) atoms. The van der Waals surface area contributed by atoms with E-state index in [1.165, 1.54) is 11.1 Å². The molecule has 0 saturated heterocycles. The molecule has 2 atom stereocenters. The molecule has 0 aromatic heterocycles. The summed E-state index contributed by atoms with van der Waals surface area (Å²) in [7, 11) is 0. The van der Waals surface area contributed by atoms with E-state index in [0.29, 0.717) is 0 Å². The highest BCUT2D eigenvalue weighted by molar-refractivity contribution is 9.10. The molecule has 0 saturated carbocycles. The van der Waals surface area contributed by atoms with Gasteiger partial charge in [-0.1, -0.05) is 51.8 Å². The van der Waals surface area contributed by atoms with Gasteiger partial charge in [0.05, 0.1) is 0 Å². The highest BCUT2D eigenvalue weighted by Crippen LogP contribution is 2.40. The van der Waals surface area contributed by atoms with Crippen LogP contribution in [0.4, 0.5) is 0 Å². The summed E-state index contributed by atoms with van der Waals surface area (Å²) in [6, 6.07) is 14.5. The molecule has 0 bridgehead atoms. The number of benzene rings is 2. The first-order valence-electron chi connectivity index (χ1n) is 6.42. The van der Waals surface area contributed by atoms with Gasteiger partial charge in [-0.25, -0.2) is 0 Å². The van der Waals surface area contributed by atoms with Gasteiger partial charge in [-0.15, -0.1) is 0 Å². The average Bonchev–Trinajstić information content (AvgIpc) is 2.38. The lowest BCUT2D eigenvalue weighted by molar-refractivity contribution is 0.161. The van der Waals surface area contributed by atoms with Crippen LogP contribution in [-0.4, -0.2) is 0 Å². The summed E-state index contributed by atoms with van der Waals surface area (Å²) in [6.45, 7) is 2.09. The van der Waals surface area contributed by atoms with E-state index in [9.17, 15) is 0 Å². The summed E-state index contributed by atoms with van der Waals surface area (Å²) < 4.78 is 7.12. The Hall–Kier alpha value is -1.32. The SMILES string of the molecule is Cc1ccc(C2CC(N)c3ccc(Br)cc3O2)cc1. The third-order valence-corrected chi connectivity index (χ3v) is 4.05. The Morgan fingerprint density at radius 3 is 2.63 bits per heavy atom. The zero-order chi connectivity index (χ0) is 13.4. The third kappa shape index (κ3) is 2.53. The Morgan fingerprint density at radius 1 is 1.16 bits per heavy atom. The van der Waals surface area contributed by atoms with E-state index in [1.807, 2.05) is 18.2 Å². The van der Waals surface area contributed by atoms with Gasteiger partial charge >= 0.3 is 0 Å². The normalized spacial score (nSPS) is 21.6. The Morgan fingerprint density at radius 2 is 1.89 bits per heavy atom. The van der Waals surface area contributed by atoms with Crippen LogP contribution in [0.5, 0.6) is 5.75 Å². The maximum atomic E-state index is 6.26. The van der Waals surface area contributed by atoms with Crippen molar-refractivity contribution in [3.63, 3.8) is 0 Å². The van der Waals surface area contributed by atoms with Crippen molar-refractivity contribution in [1.29, 1.82) is 0 Å². The van der Waals surface area contributed by atoms with Crippen molar-refractivity contribution in [2.24, 2.45) is 5.73 Å². The zero-order valence-electron chi connectivity index (χ0n) is 10.8. The summed E-state index contributed by atoms with van der Waals surface area (Å²) in [5, 5.41) is 0. The van der Waals surface area contributed by atoms with Gasteiger partial charge in [0, 0.05) is 22.5 Å². The van der Waals surface area contributed by atoms with Crippen LogP contribution in [0.2, 0.25) is 0 Å². The molecule has 0 radical (unpaired) electrons. The van der Waals surface area contributed by atoms with Crippen molar-refractivity contribution in [2.75, 3.05) is 0 Å². The number of fused-ring (bicyclic) bond motifs is 1. The van der Waals surface area contributed by atoms with Crippen LogP contribution < -0.4 is 10.5 Å². The van der Waals surface area contributed by atoms with E-state index in [0.717, 1.165) is 22.2 Å². The van der Waals surface area contributed by atoms with Crippen LogP contribution in [0.1, 0.15) is 35.3 Å². The average molecular weight is 318 g/mol. The Labute approximate surface area is 121 Å². The molecule has 2 N–H and O–H groups in total. The molecule has 2 nitrogen and oxygen atoms in total. The zero-order valence-corrected chi connectivity index (χ0v) is 12.4. The lowest BCUT2D eigenvalue weighted by atomic mass is 9.93. The molecule has 0 spiro atoms. The van der Waals surface area contributed by atoms with E-state index in [1.54, 1.807) is 0 Å². The van der Waals surface area contributed by atoms with Crippen molar-refractivity contribution < 1.29 is 4.74 Å². The fraction of sp³-hybridized carbons (Fsp3) is 0.250. The predicted molar refractivity (Wildman–Crippen MR) is 80.2 cm³/mol. The quantitative estimate of drug-likeness (QED) is 0.852. The van der Waals surface area contributed by atoms with Crippen LogP contribution in [0.3, 0.4) is 0 Å². The summed E-state index contributed by atoms with van der Waals surface area (Å²) in [6.07, 6.45) is 0.856. The van der Waals surface area contributed by atoms with Gasteiger partial charge in [-0.2, -0.15) is 0 Å². The van der Waals surface area contributed by atoms with Gasteiger partial charge < -0.3 is 10.5 Å². The van der Waals surface area contributed by atoms with Gasteiger partial charge in [-0.05, 0) is 24.6 Å². The molecule has 3 heteroatoms. The number of rotatable bonds is 1. The van der Waals surface area contributed by atoms with Crippen molar-refractivity contribution in [3.8, 4) is 5.75 Å². The highest BCUT2D eigenvalue weighted by atomic mass is 79.9. The van der Waals surface area contributed by atoms with Gasteiger partial charge in [-0.3, -0.25) is 0 Å². The lowest BCUT2D eigenvalue weighted by Crippen LogP contribution is -2.24. The fourth-order valence-corrected chi connectivity index (χ4v) is 2.80. The summed E-state index contributed by atoms with van der Waals surface area (Å²) in [4.78, 5) is 0. The van der Waals surface area contributed by atoms with Crippen LogP contribution in [0.25, 0.3) is 0 Å². The van der Waals surface area contributed by atoms with E-state index in [4.69, 9.17) is 10.5 Å². The summed E-state index contributed by atoms with van der Waals surface area (Å²) in [5.41, 5.74) is 9.79. The predicted octanol–water partition coefficient (Wildman–Crippen LogP) is 4.28. The fourth-order valence-electron chi connectivity index (χ4n) is 2.46. The number of ether oxygens (including phenoxy) is 1. The molecular weight excluding hydrogens is 302 g/mol. The van der Waals surface area contributed by atoms with Crippen molar-refractivity contribution >= 4 is 15.9 Å². The topological polar surface area (TPSA) is 35.2 Å². The standard InChI is InChI=1S/C16H16BrNO/c1-10-2-4-11(5-3-10)15-9-14(18)13-7-6-12(17)8-16(13)19-15/h2-8,14-15H,9,18H2,1H3. The molecule has 2 unspecified atom stereocenters. The number of hydrogen-bond donors (Lipinski definition) is 1. The van der Waals surface area contributed by atoms with Gasteiger partial charge in [0.25, 0.3) is 0 Å². The third-order valence-electron chi connectivity index (χ3n) is 3.56. The number of aryl methyl sites for hydroxylation is 1. The van der Waals surface area contributed by atoms with Crippen LogP contribution in [-0.2, 0) is 0 Å². The first-order valence-corrected chi connectivity index (χ1v) is 7.21. The van der Waals surface area contributed by atoms with Crippen LogP contribution in [0.15, 0.2) is 46.9 Å². The van der Waals surface area contributed by atoms with E-state index >= 15 is 0 Å². The first-order chi connectivity index (χ1) is 9.13. The monoisotopic (exact) mass is 317 g/mol. The second-order valence-corrected chi connectivity index (χ2v) is 5.96. The molecule has 0 aliphatic carbocycles. The molecule has 1 aliphatic rings. The molecule has 3 rings (SSSR count). The van der Waals surface area contributed by atoms with Crippen molar-refractivity contribution in [1.82, 2.24) is 0 Å². The molecule has 0 fully saturated rings. The summed E-state index contributed by atoms with van der Waals surface area (Å²) in [5.74, 6) is 0.888. The van der Waals surface area contributed by atoms with Gasteiger partial charge in [0.1, 0.15) is 11.9 Å². The van der Waals surface area contributed by atoms with Crippen LogP contribution >= 0.6 is 15.9 Å². The molecular formula is C16H16BrNO. The number of nitrogens with two attached hydrogens (primary N) is 1. The Bertz CT molecular complexity index is 594. The Kier molecular flexibility index (Phi) is 3.33. The second-order valence-electron chi connectivity index (χ2n) is 5.04. The summed E-state index contributed by atoms with van der Waals surface area (Å²) >= 11 is 3.48. The molecule has 2 aromatic rings. The van der Waals surface area contributed by atoms with E-state index in [-0.39, 0.29) is 12.1 Å². The second kappa shape index (κ2) is 4.99. The number of hydrogen-bond acceptors (Lipinski definition) is 2. The molecule has 2 aromatic carbocycles. The smallest absolute Gasteiger partial charge is 0.126 e. The maximum Gasteiger partial charge on any atom is 0.126 e. The Balaban J connectivity index is 1.93. The molecule has 0 amide bonds. The van der Waals surface area contributed by atoms with Gasteiger partial charge in [0.2, 0.25) is 0 Å². The van der Waals surface area contributed by atoms with Gasteiger partial charge in [0.15, 0.2) is 0 Å². The van der Waals surface area contributed by atoms with Crippen molar-refractivity contribution in [3.05, 3.63) is 63.6 Å². The molecule has 1 aliphatic heterocycles. The van der Waals surface area contributed by atoms with Crippen molar-refractivity contribution in [2.45, 2.75) is 25.5 Å².